The molecule has 0 amide bonds. The van der Waals surface area contributed by atoms with Crippen LogP contribution in [0.4, 0.5) is 0 Å². The first-order valence-corrected chi connectivity index (χ1v) is 4.16. The standard InChI is InChI=1S/C11H13NO/c1-3-8-13-11-6-4-10(5-7-11)9(2)12/h1,4-7,9H,8,12H2,2H3/t9-/m1/s1. The number of terminal acetylenes is 1. The Morgan fingerprint density at radius 3 is 2.54 bits per heavy atom. The summed E-state index contributed by atoms with van der Waals surface area (Å²) in [5, 5.41) is 0. The Kier molecular flexibility index (Phi) is 3.36. The van der Waals surface area contributed by atoms with Gasteiger partial charge in [0.05, 0.1) is 0 Å². The minimum absolute atomic E-state index is 0.0571. The molecule has 68 valence electrons. The van der Waals surface area contributed by atoms with E-state index in [1.807, 2.05) is 31.2 Å². The summed E-state index contributed by atoms with van der Waals surface area (Å²) in [5.41, 5.74) is 6.78. The van der Waals surface area contributed by atoms with Gasteiger partial charge in [-0.05, 0) is 24.6 Å². The molecule has 2 nitrogen and oxygen atoms in total. The number of ether oxygens (including phenoxy) is 1. The second-order valence-corrected chi connectivity index (χ2v) is 2.85. The minimum Gasteiger partial charge on any atom is -0.481 e. The van der Waals surface area contributed by atoms with E-state index in [-0.39, 0.29) is 6.04 Å². The van der Waals surface area contributed by atoms with Crippen molar-refractivity contribution in [3.05, 3.63) is 29.8 Å². The highest BCUT2D eigenvalue weighted by molar-refractivity contribution is 5.28. The van der Waals surface area contributed by atoms with Crippen LogP contribution in [0.15, 0.2) is 24.3 Å². The Morgan fingerprint density at radius 1 is 1.46 bits per heavy atom. The molecule has 0 spiro atoms. The molecule has 1 atom stereocenters. The van der Waals surface area contributed by atoms with Crippen LogP contribution in [-0.4, -0.2) is 6.61 Å². The lowest BCUT2D eigenvalue weighted by Crippen LogP contribution is -2.04. The van der Waals surface area contributed by atoms with Gasteiger partial charge in [-0.1, -0.05) is 18.1 Å². The quantitative estimate of drug-likeness (QED) is 0.710. The van der Waals surface area contributed by atoms with Gasteiger partial charge in [0.15, 0.2) is 0 Å². The van der Waals surface area contributed by atoms with Crippen molar-refractivity contribution < 1.29 is 4.74 Å². The molecule has 0 aliphatic carbocycles. The molecular formula is C11H13NO. The Morgan fingerprint density at radius 2 is 2.08 bits per heavy atom. The zero-order chi connectivity index (χ0) is 9.68. The highest BCUT2D eigenvalue weighted by Crippen LogP contribution is 2.15. The van der Waals surface area contributed by atoms with Crippen molar-refractivity contribution in [2.45, 2.75) is 13.0 Å². The molecule has 0 heterocycles. The summed E-state index contributed by atoms with van der Waals surface area (Å²) in [4.78, 5) is 0. The Labute approximate surface area is 78.7 Å². The topological polar surface area (TPSA) is 35.2 Å². The van der Waals surface area contributed by atoms with E-state index in [1.165, 1.54) is 0 Å². The highest BCUT2D eigenvalue weighted by Gasteiger charge is 1.98. The summed E-state index contributed by atoms with van der Waals surface area (Å²) < 4.78 is 5.21. The van der Waals surface area contributed by atoms with E-state index in [0.29, 0.717) is 6.61 Å². The van der Waals surface area contributed by atoms with Crippen LogP contribution < -0.4 is 10.5 Å². The molecule has 2 heteroatoms. The van der Waals surface area contributed by atoms with Gasteiger partial charge in [-0.25, -0.2) is 0 Å². The van der Waals surface area contributed by atoms with Crippen molar-refractivity contribution >= 4 is 0 Å². The number of benzene rings is 1. The van der Waals surface area contributed by atoms with Crippen LogP contribution in [0.3, 0.4) is 0 Å². The Hall–Kier alpha value is -1.46. The second-order valence-electron chi connectivity index (χ2n) is 2.85. The van der Waals surface area contributed by atoms with Gasteiger partial charge in [0.2, 0.25) is 0 Å². The van der Waals surface area contributed by atoms with Crippen molar-refractivity contribution in [2.75, 3.05) is 6.61 Å². The maximum Gasteiger partial charge on any atom is 0.148 e. The Bertz CT molecular complexity index is 295. The van der Waals surface area contributed by atoms with Gasteiger partial charge in [-0.15, -0.1) is 6.42 Å². The van der Waals surface area contributed by atoms with E-state index < -0.39 is 0 Å². The zero-order valence-electron chi connectivity index (χ0n) is 7.66. The maximum absolute atomic E-state index is 5.69. The number of rotatable bonds is 3. The first-order chi connectivity index (χ1) is 6.24. The van der Waals surface area contributed by atoms with E-state index in [9.17, 15) is 0 Å². The predicted octanol–water partition coefficient (Wildman–Crippen LogP) is 1.72. The monoisotopic (exact) mass is 175 g/mol. The van der Waals surface area contributed by atoms with Crippen LogP contribution in [0, 0.1) is 12.3 Å². The number of hydrogen-bond donors (Lipinski definition) is 1. The average molecular weight is 175 g/mol. The second kappa shape index (κ2) is 4.54. The summed E-state index contributed by atoms with van der Waals surface area (Å²) in [7, 11) is 0. The first-order valence-electron chi connectivity index (χ1n) is 4.16. The zero-order valence-corrected chi connectivity index (χ0v) is 7.66. The van der Waals surface area contributed by atoms with Gasteiger partial charge in [0.25, 0.3) is 0 Å². The third-order valence-corrected chi connectivity index (χ3v) is 1.73. The van der Waals surface area contributed by atoms with Crippen LogP contribution in [0.2, 0.25) is 0 Å². The van der Waals surface area contributed by atoms with Crippen molar-refractivity contribution in [3.63, 3.8) is 0 Å². The van der Waals surface area contributed by atoms with Crippen LogP contribution in [0.1, 0.15) is 18.5 Å². The third-order valence-electron chi connectivity index (χ3n) is 1.73. The van der Waals surface area contributed by atoms with Gasteiger partial charge in [-0.2, -0.15) is 0 Å². The fourth-order valence-corrected chi connectivity index (χ4v) is 0.993. The predicted molar refractivity (Wildman–Crippen MR) is 53.4 cm³/mol. The maximum atomic E-state index is 5.69. The molecule has 0 saturated heterocycles. The lowest BCUT2D eigenvalue weighted by Gasteiger charge is -2.06. The minimum atomic E-state index is 0.0571. The largest absolute Gasteiger partial charge is 0.481 e. The summed E-state index contributed by atoms with van der Waals surface area (Å²) >= 11 is 0. The molecule has 0 bridgehead atoms. The molecule has 1 rings (SSSR count). The van der Waals surface area contributed by atoms with Gasteiger partial charge < -0.3 is 10.5 Å². The molecule has 1 aromatic carbocycles. The van der Waals surface area contributed by atoms with E-state index in [1.54, 1.807) is 0 Å². The van der Waals surface area contributed by atoms with Gasteiger partial charge in [0, 0.05) is 6.04 Å². The van der Waals surface area contributed by atoms with Crippen LogP contribution >= 0.6 is 0 Å². The van der Waals surface area contributed by atoms with Crippen LogP contribution in [0.5, 0.6) is 5.75 Å². The van der Waals surface area contributed by atoms with Crippen molar-refractivity contribution in [2.24, 2.45) is 5.73 Å². The van der Waals surface area contributed by atoms with Crippen molar-refractivity contribution in [1.29, 1.82) is 0 Å². The van der Waals surface area contributed by atoms with Crippen LogP contribution in [0.25, 0.3) is 0 Å². The lowest BCUT2D eigenvalue weighted by molar-refractivity contribution is 0.370. The normalized spacial score (nSPS) is 11.8. The molecule has 2 N–H and O–H groups in total. The van der Waals surface area contributed by atoms with E-state index >= 15 is 0 Å². The van der Waals surface area contributed by atoms with E-state index in [0.717, 1.165) is 11.3 Å². The molecule has 0 unspecified atom stereocenters. The molecule has 0 saturated carbocycles. The molecule has 0 radical (unpaired) electrons. The summed E-state index contributed by atoms with van der Waals surface area (Å²) in [5.74, 6) is 3.19. The molecule has 0 fully saturated rings. The molecular weight excluding hydrogens is 162 g/mol. The molecule has 0 aromatic heterocycles. The number of nitrogens with two attached hydrogens (primary N) is 1. The lowest BCUT2D eigenvalue weighted by atomic mass is 10.1. The Balaban J connectivity index is 2.65. The molecule has 1 aromatic rings. The molecule has 0 aliphatic heterocycles. The van der Waals surface area contributed by atoms with E-state index in [4.69, 9.17) is 16.9 Å². The van der Waals surface area contributed by atoms with Gasteiger partial charge in [-0.3, -0.25) is 0 Å². The van der Waals surface area contributed by atoms with Crippen molar-refractivity contribution in [3.8, 4) is 18.1 Å². The first kappa shape index (κ1) is 9.63. The third kappa shape index (κ3) is 2.81. The van der Waals surface area contributed by atoms with Crippen molar-refractivity contribution in [1.82, 2.24) is 0 Å². The SMILES string of the molecule is C#CCOc1ccc([C@@H](C)N)cc1. The molecule has 0 aliphatic rings. The van der Waals surface area contributed by atoms with Gasteiger partial charge >= 0.3 is 0 Å². The smallest absolute Gasteiger partial charge is 0.148 e. The molecule has 13 heavy (non-hydrogen) atoms. The van der Waals surface area contributed by atoms with Gasteiger partial charge in [0.1, 0.15) is 12.4 Å². The van der Waals surface area contributed by atoms with E-state index in [2.05, 4.69) is 5.92 Å². The highest BCUT2D eigenvalue weighted by atomic mass is 16.5. The summed E-state index contributed by atoms with van der Waals surface area (Å²) in [6.45, 7) is 2.24. The summed E-state index contributed by atoms with van der Waals surface area (Å²) in [6.07, 6.45) is 5.06. The fourth-order valence-electron chi connectivity index (χ4n) is 0.993. The average Bonchev–Trinajstić information content (AvgIpc) is 2.15. The fraction of sp³-hybridized carbons (Fsp3) is 0.273. The van der Waals surface area contributed by atoms with Crippen LogP contribution in [-0.2, 0) is 0 Å². The number of hydrogen-bond acceptors (Lipinski definition) is 2. The summed E-state index contributed by atoms with van der Waals surface area (Å²) in [6, 6.07) is 7.68.